The molecule has 1 atom stereocenters. The van der Waals surface area contributed by atoms with Gasteiger partial charge in [0.1, 0.15) is 6.04 Å². The molecular formula is C11H13NO4S. The molecule has 0 unspecified atom stereocenters. The van der Waals surface area contributed by atoms with Gasteiger partial charge >= 0.3 is 5.97 Å². The monoisotopic (exact) mass is 255 g/mol. The fourth-order valence-corrected chi connectivity index (χ4v) is 2.08. The van der Waals surface area contributed by atoms with Crippen molar-refractivity contribution in [3.05, 3.63) is 41.3 Å². The van der Waals surface area contributed by atoms with Crippen LogP contribution in [-0.4, -0.2) is 25.5 Å². The largest absolute Gasteiger partial charge is 0.480 e. The van der Waals surface area contributed by atoms with E-state index < -0.39 is 22.0 Å². The second-order valence-electron chi connectivity index (χ2n) is 3.44. The first-order valence-electron chi connectivity index (χ1n) is 4.89. The van der Waals surface area contributed by atoms with Crippen LogP contribution in [0.3, 0.4) is 0 Å². The van der Waals surface area contributed by atoms with Crippen LogP contribution in [0.15, 0.2) is 35.7 Å². The summed E-state index contributed by atoms with van der Waals surface area (Å²) in [6, 6.07) is 7.70. The summed E-state index contributed by atoms with van der Waals surface area (Å²) in [6.45, 7) is 1.26. The third-order valence-electron chi connectivity index (χ3n) is 1.95. The topological polar surface area (TPSA) is 83.5 Å². The van der Waals surface area contributed by atoms with Gasteiger partial charge in [-0.1, -0.05) is 30.3 Å². The second kappa shape index (κ2) is 5.60. The predicted octanol–water partition coefficient (Wildman–Crippen LogP) is 1.05. The Morgan fingerprint density at radius 2 is 1.94 bits per heavy atom. The van der Waals surface area contributed by atoms with Gasteiger partial charge in [-0.15, -0.1) is 0 Å². The minimum atomic E-state index is -3.74. The summed E-state index contributed by atoms with van der Waals surface area (Å²) < 4.78 is 24.9. The maximum Gasteiger partial charge on any atom is 0.321 e. The highest BCUT2D eigenvalue weighted by Crippen LogP contribution is 2.03. The maximum absolute atomic E-state index is 11.5. The van der Waals surface area contributed by atoms with Crippen molar-refractivity contribution < 1.29 is 18.3 Å². The Hall–Kier alpha value is -1.66. The van der Waals surface area contributed by atoms with Gasteiger partial charge in [0.2, 0.25) is 10.0 Å². The summed E-state index contributed by atoms with van der Waals surface area (Å²) >= 11 is 0. The number of carboxylic acids is 1. The van der Waals surface area contributed by atoms with Crippen LogP contribution in [0.1, 0.15) is 12.5 Å². The van der Waals surface area contributed by atoms with Crippen LogP contribution >= 0.6 is 0 Å². The van der Waals surface area contributed by atoms with Gasteiger partial charge in [0.25, 0.3) is 0 Å². The highest BCUT2D eigenvalue weighted by atomic mass is 32.2. The third-order valence-corrected chi connectivity index (χ3v) is 3.13. The molecule has 1 aromatic carbocycles. The molecule has 0 fully saturated rings. The summed E-state index contributed by atoms with van der Waals surface area (Å²) in [5.74, 6) is -1.22. The van der Waals surface area contributed by atoms with E-state index in [9.17, 15) is 13.2 Å². The van der Waals surface area contributed by atoms with E-state index in [-0.39, 0.29) is 0 Å². The number of carboxylic acid groups (broad SMARTS) is 1. The summed E-state index contributed by atoms with van der Waals surface area (Å²) in [6.07, 6.45) is 1.40. The van der Waals surface area contributed by atoms with Gasteiger partial charge in [-0.05, 0) is 18.6 Å². The number of hydrogen-bond donors (Lipinski definition) is 2. The maximum atomic E-state index is 11.5. The molecule has 92 valence electrons. The number of benzene rings is 1. The summed E-state index contributed by atoms with van der Waals surface area (Å²) in [5, 5.41) is 9.53. The molecule has 0 aliphatic carbocycles. The molecule has 5 nitrogen and oxygen atoms in total. The van der Waals surface area contributed by atoms with Gasteiger partial charge in [-0.3, -0.25) is 4.79 Å². The van der Waals surface area contributed by atoms with Crippen LogP contribution in [0.5, 0.6) is 0 Å². The minimum absolute atomic E-state index is 0.723. The Balaban J connectivity index is 2.74. The number of nitrogens with one attached hydrogen (secondary N) is 1. The molecule has 0 radical (unpaired) electrons. The number of carbonyl (C=O) groups is 1. The highest BCUT2D eigenvalue weighted by Gasteiger charge is 2.16. The van der Waals surface area contributed by atoms with Crippen molar-refractivity contribution in [1.82, 2.24) is 4.72 Å². The average Bonchev–Trinajstić information content (AvgIpc) is 2.27. The van der Waals surface area contributed by atoms with E-state index >= 15 is 0 Å². The second-order valence-corrected chi connectivity index (χ2v) is 5.03. The van der Waals surface area contributed by atoms with E-state index in [4.69, 9.17) is 5.11 Å². The quantitative estimate of drug-likeness (QED) is 0.823. The van der Waals surface area contributed by atoms with E-state index in [1.807, 2.05) is 10.8 Å². The average molecular weight is 255 g/mol. The van der Waals surface area contributed by atoms with E-state index in [1.165, 1.54) is 13.0 Å². The fraction of sp³-hybridized carbons (Fsp3) is 0.182. The Labute approximate surface area is 99.8 Å². The SMILES string of the molecule is C[C@@H](NS(=O)(=O)C=Cc1ccccc1)C(=O)O. The van der Waals surface area contributed by atoms with Crippen molar-refractivity contribution in [2.24, 2.45) is 0 Å². The fourth-order valence-electron chi connectivity index (χ4n) is 1.07. The van der Waals surface area contributed by atoms with Gasteiger partial charge in [0.15, 0.2) is 0 Å². The lowest BCUT2D eigenvalue weighted by atomic mass is 10.2. The molecule has 0 spiro atoms. The van der Waals surface area contributed by atoms with Crippen LogP contribution in [0.2, 0.25) is 0 Å². The lowest BCUT2D eigenvalue weighted by Gasteiger charge is -2.06. The van der Waals surface area contributed by atoms with Crippen LogP contribution in [-0.2, 0) is 14.8 Å². The van der Waals surface area contributed by atoms with E-state index in [0.717, 1.165) is 11.0 Å². The lowest BCUT2D eigenvalue weighted by molar-refractivity contribution is -0.138. The van der Waals surface area contributed by atoms with E-state index in [0.29, 0.717) is 0 Å². The highest BCUT2D eigenvalue weighted by molar-refractivity contribution is 7.92. The Bertz CT molecular complexity index is 508. The molecule has 0 aromatic heterocycles. The molecule has 6 heteroatoms. The lowest BCUT2D eigenvalue weighted by Crippen LogP contribution is -2.37. The molecule has 0 saturated heterocycles. The van der Waals surface area contributed by atoms with Crippen LogP contribution in [0.25, 0.3) is 6.08 Å². The summed E-state index contributed by atoms with van der Waals surface area (Å²) in [5.41, 5.74) is 0.723. The zero-order valence-electron chi connectivity index (χ0n) is 9.20. The van der Waals surface area contributed by atoms with Gasteiger partial charge in [-0.2, -0.15) is 4.72 Å². The van der Waals surface area contributed by atoms with Crippen molar-refractivity contribution in [2.75, 3.05) is 0 Å². The van der Waals surface area contributed by atoms with Gasteiger partial charge in [0, 0.05) is 5.41 Å². The normalized spacial score (nSPS) is 13.7. The molecule has 0 aliphatic rings. The van der Waals surface area contributed by atoms with Crippen LogP contribution < -0.4 is 4.72 Å². The molecule has 17 heavy (non-hydrogen) atoms. The number of rotatable bonds is 5. The molecule has 0 aliphatic heterocycles. The van der Waals surface area contributed by atoms with Crippen molar-refractivity contribution in [3.63, 3.8) is 0 Å². The van der Waals surface area contributed by atoms with Gasteiger partial charge in [0.05, 0.1) is 0 Å². The molecule has 0 bridgehead atoms. The summed E-state index contributed by atoms with van der Waals surface area (Å²) in [7, 11) is -3.74. The standard InChI is InChI=1S/C11H13NO4S/c1-9(11(13)14)12-17(15,16)8-7-10-5-3-2-4-6-10/h2-9,12H,1H3,(H,13,14)/t9-/m1/s1. The van der Waals surface area contributed by atoms with E-state index in [1.54, 1.807) is 24.3 Å². The third kappa shape index (κ3) is 4.80. The molecular weight excluding hydrogens is 242 g/mol. The Morgan fingerprint density at radius 1 is 1.35 bits per heavy atom. The first-order valence-corrected chi connectivity index (χ1v) is 6.43. The zero-order valence-corrected chi connectivity index (χ0v) is 10.0. The smallest absolute Gasteiger partial charge is 0.321 e. The molecule has 2 N–H and O–H groups in total. The van der Waals surface area contributed by atoms with Crippen LogP contribution in [0, 0.1) is 0 Å². The van der Waals surface area contributed by atoms with Crippen molar-refractivity contribution in [3.8, 4) is 0 Å². The van der Waals surface area contributed by atoms with Gasteiger partial charge in [-0.25, -0.2) is 8.42 Å². The number of aliphatic carboxylic acids is 1. The Morgan fingerprint density at radius 3 is 2.47 bits per heavy atom. The molecule has 0 amide bonds. The first-order chi connectivity index (χ1) is 7.91. The van der Waals surface area contributed by atoms with Gasteiger partial charge < -0.3 is 5.11 Å². The molecule has 1 aromatic rings. The predicted molar refractivity (Wildman–Crippen MR) is 64.6 cm³/mol. The van der Waals surface area contributed by atoms with Crippen LogP contribution in [0.4, 0.5) is 0 Å². The molecule has 1 rings (SSSR count). The first kappa shape index (κ1) is 13.4. The van der Waals surface area contributed by atoms with E-state index in [2.05, 4.69) is 0 Å². The number of sulfonamides is 1. The molecule has 0 heterocycles. The van der Waals surface area contributed by atoms with Crippen molar-refractivity contribution in [1.29, 1.82) is 0 Å². The zero-order chi connectivity index (χ0) is 12.9. The Kier molecular flexibility index (Phi) is 4.42. The summed E-state index contributed by atoms with van der Waals surface area (Å²) in [4.78, 5) is 10.5. The molecule has 0 saturated carbocycles. The van der Waals surface area contributed by atoms with Crippen molar-refractivity contribution >= 4 is 22.1 Å². The minimum Gasteiger partial charge on any atom is -0.480 e. The van der Waals surface area contributed by atoms with Crippen molar-refractivity contribution in [2.45, 2.75) is 13.0 Å². The number of hydrogen-bond acceptors (Lipinski definition) is 3.